The molecule has 0 radical (unpaired) electrons. The lowest BCUT2D eigenvalue weighted by molar-refractivity contribution is 0.583. The van der Waals surface area contributed by atoms with E-state index in [2.05, 4.69) is 15.6 Å². The zero-order valence-corrected chi connectivity index (χ0v) is 11.8. The monoisotopic (exact) mass is 261 g/mol. The maximum atomic E-state index is 5.65. The third kappa shape index (κ3) is 3.73. The van der Waals surface area contributed by atoms with Crippen molar-refractivity contribution in [2.24, 2.45) is 10.8 Å². The summed E-state index contributed by atoms with van der Waals surface area (Å²) in [7, 11) is 0. The zero-order valence-electron chi connectivity index (χ0n) is 11.8. The van der Waals surface area contributed by atoms with Crippen LogP contribution in [-0.2, 0) is 0 Å². The first-order chi connectivity index (χ1) is 9.20. The van der Waals surface area contributed by atoms with Gasteiger partial charge in [0.25, 0.3) is 0 Å². The van der Waals surface area contributed by atoms with Crippen LogP contribution in [0.15, 0.2) is 11.1 Å². The van der Waals surface area contributed by atoms with Crippen molar-refractivity contribution in [2.75, 3.05) is 0 Å². The van der Waals surface area contributed by atoms with Gasteiger partial charge in [0.05, 0.1) is 17.4 Å². The number of nitrogens with one attached hydrogen (secondary N) is 1. The fraction of sp³-hybridized carbons (Fsp3) is 0.643. The fourth-order valence-corrected chi connectivity index (χ4v) is 2.54. The normalized spacial score (nSPS) is 18.2. The van der Waals surface area contributed by atoms with Crippen molar-refractivity contribution in [1.29, 1.82) is 0 Å². The molecule has 1 aliphatic carbocycles. The lowest BCUT2D eigenvalue weighted by atomic mass is 10.1. The molecular formula is C14H23N5. The molecule has 19 heavy (non-hydrogen) atoms. The van der Waals surface area contributed by atoms with Crippen molar-refractivity contribution >= 4 is 5.84 Å². The molecule has 1 aromatic heterocycles. The first kappa shape index (κ1) is 13.9. The van der Waals surface area contributed by atoms with Crippen LogP contribution in [0.3, 0.4) is 0 Å². The maximum absolute atomic E-state index is 5.65. The van der Waals surface area contributed by atoms with E-state index in [1.807, 2.05) is 19.9 Å². The van der Waals surface area contributed by atoms with Crippen LogP contribution in [0.25, 0.3) is 0 Å². The van der Waals surface area contributed by atoms with Gasteiger partial charge in [-0.25, -0.2) is 5.84 Å². The SMILES string of the molecule is Cc1cc(C(=NC2CCCCCC2)NN)c(C)nn1. The summed E-state index contributed by atoms with van der Waals surface area (Å²) >= 11 is 0. The van der Waals surface area contributed by atoms with E-state index >= 15 is 0 Å². The van der Waals surface area contributed by atoms with Gasteiger partial charge < -0.3 is 5.43 Å². The number of aliphatic imine (C=N–C) groups is 1. The smallest absolute Gasteiger partial charge is 0.144 e. The van der Waals surface area contributed by atoms with E-state index < -0.39 is 0 Å². The summed E-state index contributed by atoms with van der Waals surface area (Å²) < 4.78 is 0. The second kappa shape index (κ2) is 6.61. The van der Waals surface area contributed by atoms with E-state index in [0.717, 1.165) is 35.6 Å². The van der Waals surface area contributed by atoms with Crippen LogP contribution in [0.2, 0.25) is 0 Å². The van der Waals surface area contributed by atoms with E-state index in [1.54, 1.807) is 0 Å². The number of nitrogens with two attached hydrogens (primary N) is 1. The van der Waals surface area contributed by atoms with Gasteiger partial charge in [0.15, 0.2) is 0 Å². The minimum Gasteiger partial charge on any atom is -0.308 e. The summed E-state index contributed by atoms with van der Waals surface area (Å²) in [5.74, 6) is 6.39. The number of rotatable bonds is 2. The lowest BCUT2D eigenvalue weighted by Gasteiger charge is -2.14. The highest BCUT2D eigenvalue weighted by molar-refractivity contribution is 5.99. The number of amidine groups is 1. The number of aryl methyl sites for hydroxylation is 2. The molecule has 0 saturated heterocycles. The Morgan fingerprint density at radius 3 is 2.53 bits per heavy atom. The number of hydrazine groups is 1. The number of hydrogen-bond donors (Lipinski definition) is 2. The summed E-state index contributed by atoms with van der Waals surface area (Å²) in [4.78, 5) is 4.80. The molecule has 0 amide bonds. The molecule has 3 N–H and O–H groups in total. The van der Waals surface area contributed by atoms with Crippen molar-refractivity contribution in [3.8, 4) is 0 Å². The Labute approximate surface area is 114 Å². The average molecular weight is 261 g/mol. The minimum absolute atomic E-state index is 0.376. The van der Waals surface area contributed by atoms with Crippen molar-refractivity contribution in [1.82, 2.24) is 15.6 Å². The molecule has 1 heterocycles. The molecule has 104 valence electrons. The van der Waals surface area contributed by atoms with Crippen LogP contribution in [0.5, 0.6) is 0 Å². The van der Waals surface area contributed by atoms with Crippen LogP contribution in [0, 0.1) is 13.8 Å². The Morgan fingerprint density at radius 2 is 1.89 bits per heavy atom. The van der Waals surface area contributed by atoms with Gasteiger partial charge >= 0.3 is 0 Å². The first-order valence-corrected chi connectivity index (χ1v) is 7.06. The number of hydrogen-bond acceptors (Lipinski definition) is 4. The topological polar surface area (TPSA) is 76.2 Å². The van der Waals surface area contributed by atoms with Gasteiger partial charge in [-0.05, 0) is 32.8 Å². The quantitative estimate of drug-likeness (QED) is 0.281. The Kier molecular flexibility index (Phi) is 4.85. The predicted octanol–water partition coefficient (Wildman–Crippen LogP) is 2.03. The van der Waals surface area contributed by atoms with Gasteiger partial charge in [-0.1, -0.05) is 25.7 Å². The van der Waals surface area contributed by atoms with Gasteiger partial charge in [-0.3, -0.25) is 4.99 Å². The highest BCUT2D eigenvalue weighted by atomic mass is 15.3. The Hall–Kier alpha value is -1.49. The predicted molar refractivity (Wildman–Crippen MR) is 76.9 cm³/mol. The molecule has 2 rings (SSSR count). The highest BCUT2D eigenvalue weighted by Crippen LogP contribution is 2.20. The Morgan fingerprint density at radius 1 is 1.21 bits per heavy atom. The molecule has 0 bridgehead atoms. The lowest BCUT2D eigenvalue weighted by Crippen LogP contribution is -2.33. The summed E-state index contributed by atoms with van der Waals surface area (Å²) in [5, 5.41) is 8.18. The van der Waals surface area contributed by atoms with E-state index in [0.29, 0.717) is 6.04 Å². The van der Waals surface area contributed by atoms with E-state index in [4.69, 9.17) is 10.8 Å². The third-order valence-electron chi connectivity index (χ3n) is 3.63. The molecule has 1 aromatic rings. The van der Waals surface area contributed by atoms with Crippen LogP contribution in [0.4, 0.5) is 0 Å². The van der Waals surface area contributed by atoms with Crippen molar-refractivity contribution in [3.05, 3.63) is 23.0 Å². The van der Waals surface area contributed by atoms with Gasteiger partial charge in [0, 0.05) is 5.56 Å². The molecule has 0 spiro atoms. The van der Waals surface area contributed by atoms with Crippen molar-refractivity contribution < 1.29 is 0 Å². The third-order valence-corrected chi connectivity index (χ3v) is 3.63. The fourth-order valence-electron chi connectivity index (χ4n) is 2.54. The van der Waals surface area contributed by atoms with Crippen LogP contribution < -0.4 is 11.3 Å². The van der Waals surface area contributed by atoms with Gasteiger partial charge in [-0.15, -0.1) is 0 Å². The maximum Gasteiger partial charge on any atom is 0.144 e. The van der Waals surface area contributed by atoms with Crippen LogP contribution in [-0.4, -0.2) is 22.1 Å². The molecule has 0 aromatic carbocycles. The zero-order chi connectivity index (χ0) is 13.7. The second-order valence-corrected chi connectivity index (χ2v) is 5.25. The molecule has 0 aliphatic heterocycles. The van der Waals surface area contributed by atoms with Gasteiger partial charge in [0.1, 0.15) is 5.84 Å². The molecule has 0 unspecified atom stereocenters. The van der Waals surface area contributed by atoms with Gasteiger partial charge in [-0.2, -0.15) is 10.2 Å². The Bertz CT molecular complexity index is 447. The summed E-state index contributed by atoms with van der Waals surface area (Å²) in [6.07, 6.45) is 7.49. The molecule has 1 aliphatic rings. The Balaban J connectivity index is 2.24. The first-order valence-electron chi connectivity index (χ1n) is 7.06. The minimum atomic E-state index is 0.376. The summed E-state index contributed by atoms with van der Waals surface area (Å²) in [5.41, 5.74) is 5.43. The van der Waals surface area contributed by atoms with Crippen LogP contribution >= 0.6 is 0 Å². The molecule has 1 fully saturated rings. The highest BCUT2D eigenvalue weighted by Gasteiger charge is 2.14. The molecule has 1 saturated carbocycles. The second-order valence-electron chi connectivity index (χ2n) is 5.25. The van der Waals surface area contributed by atoms with E-state index in [-0.39, 0.29) is 0 Å². The van der Waals surface area contributed by atoms with Crippen LogP contribution in [0.1, 0.15) is 55.5 Å². The number of aromatic nitrogens is 2. The van der Waals surface area contributed by atoms with Gasteiger partial charge in [0.2, 0.25) is 0 Å². The van der Waals surface area contributed by atoms with E-state index in [1.165, 1.54) is 25.7 Å². The summed E-state index contributed by atoms with van der Waals surface area (Å²) in [6.45, 7) is 3.86. The molecular weight excluding hydrogens is 238 g/mol. The largest absolute Gasteiger partial charge is 0.308 e. The standard InChI is InChI=1S/C14H23N5/c1-10-9-13(11(2)19-18-10)14(17-15)16-12-7-5-3-4-6-8-12/h9,12H,3-8,15H2,1-2H3,(H,16,17). The molecule has 5 nitrogen and oxygen atoms in total. The number of nitrogens with zero attached hydrogens (tertiary/aromatic N) is 3. The molecule has 0 atom stereocenters. The summed E-state index contributed by atoms with van der Waals surface area (Å²) in [6, 6.07) is 2.36. The van der Waals surface area contributed by atoms with Crippen molar-refractivity contribution in [2.45, 2.75) is 58.4 Å². The van der Waals surface area contributed by atoms with E-state index in [9.17, 15) is 0 Å². The average Bonchev–Trinajstić information content (AvgIpc) is 2.67. The van der Waals surface area contributed by atoms with Crippen molar-refractivity contribution in [3.63, 3.8) is 0 Å². The molecule has 5 heteroatoms.